The molecule has 0 aliphatic carbocycles. The Bertz CT molecular complexity index is 956. The number of para-hydroxylation sites is 2. The van der Waals surface area contributed by atoms with Gasteiger partial charge in [0.05, 0.1) is 12.8 Å². The molecule has 0 aliphatic rings. The Hall–Kier alpha value is -3.75. The molecule has 8 nitrogen and oxygen atoms in total. The lowest BCUT2D eigenvalue weighted by atomic mass is 10.2. The quantitative estimate of drug-likeness (QED) is 0.695. The number of carbonyl (C=O) groups is 2. The lowest BCUT2D eigenvalue weighted by Gasteiger charge is -2.09. The van der Waals surface area contributed by atoms with Crippen LogP contribution in [0, 0.1) is 5.82 Å². The molecule has 0 radical (unpaired) electrons. The number of halogens is 1. The van der Waals surface area contributed by atoms with Crippen LogP contribution in [0.3, 0.4) is 0 Å². The molecule has 138 valence electrons. The Morgan fingerprint density at radius 3 is 2.59 bits per heavy atom. The van der Waals surface area contributed by atoms with E-state index in [0.29, 0.717) is 11.4 Å². The SMILES string of the molecule is COc1ccccc1NC(=O)Cn1cnc(NC(=O)c2ccc(F)cc2)n1. The molecule has 3 rings (SSSR count). The Morgan fingerprint density at radius 2 is 1.85 bits per heavy atom. The molecule has 1 aromatic heterocycles. The predicted molar refractivity (Wildman–Crippen MR) is 96.0 cm³/mol. The number of ether oxygens (including phenoxy) is 1. The van der Waals surface area contributed by atoms with Crippen LogP contribution in [0.15, 0.2) is 54.9 Å². The maximum absolute atomic E-state index is 12.9. The number of benzene rings is 2. The first kappa shape index (κ1) is 18.1. The number of hydrogen-bond donors (Lipinski definition) is 2. The average Bonchev–Trinajstić information content (AvgIpc) is 3.09. The van der Waals surface area contributed by atoms with E-state index in [1.807, 2.05) is 0 Å². The average molecular weight is 369 g/mol. The highest BCUT2D eigenvalue weighted by atomic mass is 19.1. The van der Waals surface area contributed by atoms with Crippen LogP contribution >= 0.6 is 0 Å². The fraction of sp³-hybridized carbons (Fsp3) is 0.111. The van der Waals surface area contributed by atoms with Gasteiger partial charge < -0.3 is 10.1 Å². The highest BCUT2D eigenvalue weighted by Gasteiger charge is 2.12. The fourth-order valence-electron chi connectivity index (χ4n) is 2.29. The fourth-order valence-corrected chi connectivity index (χ4v) is 2.29. The smallest absolute Gasteiger partial charge is 0.258 e. The van der Waals surface area contributed by atoms with Crippen LogP contribution in [0.2, 0.25) is 0 Å². The minimum absolute atomic E-state index is 0.0365. The number of carbonyl (C=O) groups excluding carboxylic acids is 2. The van der Waals surface area contributed by atoms with E-state index in [-0.39, 0.29) is 24.0 Å². The molecular formula is C18H16FN5O3. The van der Waals surface area contributed by atoms with Gasteiger partial charge in [-0.15, -0.1) is 5.10 Å². The Kier molecular flexibility index (Phi) is 5.41. The first-order valence-electron chi connectivity index (χ1n) is 7.94. The van der Waals surface area contributed by atoms with Crippen LogP contribution in [0.25, 0.3) is 0 Å². The molecule has 2 N–H and O–H groups in total. The van der Waals surface area contributed by atoms with E-state index < -0.39 is 11.7 Å². The predicted octanol–water partition coefficient (Wildman–Crippen LogP) is 2.32. The van der Waals surface area contributed by atoms with Crippen molar-refractivity contribution in [3.8, 4) is 5.75 Å². The number of methoxy groups -OCH3 is 1. The first-order valence-corrected chi connectivity index (χ1v) is 7.94. The topological polar surface area (TPSA) is 98.1 Å². The van der Waals surface area contributed by atoms with Gasteiger partial charge in [0.2, 0.25) is 11.9 Å². The van der Waals surface area contributed by atoms with Crippen LogP contribution in [0.4, 0.5) is 16.0 Å². The second kappa shape index (κ2) is 8.09. The summed E-state index contributed by atoms with van der Waals surface area (Å²) >= 11 is 0. The van der Waals surface area contributed by atoms with Crippen molar-refractivity contribution in [2.75, 3.05) is 17.7 Å². The third-order valence-electron chi connectivity index (χ3n) is 3.55. The third-order valence-corrected chi connectivity index (χ3v) is 3.55. The van der Waals surface area contributed by atoms with Crippen molar-refractivity contribution in [2.24, 2.45) is 0 Å². The molecule has 0 fully saturated rings. The molecule has 1 heterocycles. The molecule has 27 heavy (non-hydrogen) atoms. The van der Waals surface area contributed by atoms with E-state index in [4.69, 9.17) is 4.74 Å². The Labute approximate surface area is 154 Å². The van der Waals surface area contributed by atoms with Crippen molar-refractivity contribution in [3.05, 3.63) is 66.2 Å². The summed E-state index contributed by atoms with van der Waals surface area (Å²) in [6.07, 6.45) is 1.32. The van der Waals surface area contributed by atoms with E-state index in [1.165, 1.54) is 42.4 Å². The third kappa shape index (κ3) is 4.66. The number of amides is 2. The number of hydrogen-bond acceptors (Lipinski definition) is 5. The molecule has 0 spiro atoms. The van der Waals surface area contributed by atoms with E-state index in [2.05, 4.69) is 20.7 Å². The number of anilines is 2. The summed E-state index contributed by atoms with van der Waals surface area (Å²) in [5.74, 6) is -0.673. The Morgan fingerprint density at radius 1 is 1.11 bits per heavy atom. The van der Waals surface area contributed by atoms with Crippen molar-refractivity contribution < 1.29 is 18.7 Å². The summed E-state index contributed by atoms with van der Waals surface area (Å²) in [6, 6.07) is 12.1. The molecule has 0 saturated heterocycles. The minimum atomic E-state index is -0.480. The van der Waals surface area contributed by atoms with Gasteiger partial charge in [0.15, 0.2) is 0 Å². The second-order valence-corrected chi connectivity index (χ2v) is 5.48. The molecular weight excluding hydrogens is 353 g/mol. The van der Waals surface area contributed by atoms with Crippen molar-refractivity contribution in [1.29, 1.82) is 0 Å². The normalized spacial score (nSPS) is 10.3. The molecule has 2 amide bonds. The number of nitrogens with one attached hydrogen (secondary N) is 2. The van der Waals surface area contributed by atoms with Gasteiger partial charge >= 0.3 is 0 Å². The maximum Gasteiger partial charge on any atom is 0.258 e. The zero-order valence-corrected chi connectivity index (χ0v) is 14.3. The van der Waals surface area contributed by atoms with Gasteiger partial charge in [0, 0.05) is 5.56 Å². The number of aromatic nitrogens is 3. The molecule has 0 unspecified atom stereocenters. The van der Waals surface area contributed by atoms with Crippen molar-refractivity contribution in [3.63, 3.8) is 0 Å². The van der Waals surface area contributed by atoms with Gasteiger partial charge in [0.1, 0.15) is 24.4 Å². The van der Waals surface area contributed by atoms with Crippen molar-refractivity contribution in [2.45, 2.75) is 6.54 Å². The van der Waals surface area contributed by atoms with E-state index in [1.54, 1.807) is 24.3 Å². The monoisotopic (exact) mass is 369 g/mol. The zero-order valence-electron chi connectivity index (χ0n) is 14.3. The van der Waals surface area contributed by atoms with Gasteiger partial charge in [-0.3, -0.25) is 14.9 Å². The number of nitrogens with zero attached hydrogens (tertiary/aromatic N) is 3. The van der Waals surface area contributed by atoms with Gasteiger partial charge in [-0.2, -0.15) is 0 Å². The van der Waals surface area contributed by atoms with Crippen LogP contribution in [-0.4, -0.2) is 33.7 Å². The van der Waals surface area contributed by atoms with Crippen molar-refractivity contribution >= 4 is 23.5 Å². The van der Waals surface area contributed by atoms with Crippen LogP contribution in [-0.2, 0) is 11.3 Å². The maximum atomic E-state index is 12.9. The standard InChI is InChI=1S/C18H16FN5O3/c1-27-15-5-3-2-4-14(15)21-16(25)10-24-11-20-18(23-24)22-17(26)12-6-8-13(19)9-7-12/h2-9,11H,10H2,1H3,(H,21,25)(H,22,23,26). The highest BCUT2D eigenvalue weighted by Crippen LogP contribution is 2.22. The summed E-state index contributed by atoms with van der Waals surface area (Å²) in [7, 11) is 1.51. The molecule has 9 heteroatoms. The molecule has 0 bridgehead atoms. The van der Waals surface area contributed by atoms with Gasteiger partial charge in [-0.1, -0.05) is 12.1 Å². The van der Waals surface area contributed by atoms with Crippen LogP contribution < -0.4 is 15.4 Å². The van der Waals surface area contributed by atoms with E-state index in [9.17, 15) is 14.0 Å². The highest BCUT2D eigenvalue weighted by molar-refractivity contribution is 6.03. The first-order chi connectivity index (χ1) is 13.0. The summed E-state index contributed by atoms with van der Waals surface area (Å²) in [5, 5.41) is 9.22. The number of rotatable bonds is 6. The summed E-state index contributed by atoms with van der Waals surface area (Å²) in [6.45, 7) is -0.0997. The lowest BCUT2D eigenvalue weighted by Crippen LogP contribution is -2.20. The van der Waals surface area contributed by atoms with Gasteiger partial charge in [0.25, 0.3) is 5.91 Å². The van der Waals surface area contributed by atoms with Gasteiger partial charge in [-0.25, -0.2) is 14.1 Å². The molecule has 0 saturated carbocycles. The summed E-state index contributed by atoms with van der Waals surface area (Å²) in [5.41, 5.74) is 0.802. The van der Waals surface area contributed by atoms with Gasteiger partial charge in [-0.05, 0) is 36.4 Å². The zero-order chi connectivity index (χ0) is 19.2. The molecule has 0 atom stereocenters. The lowest BCUT2D eigenvalue weighted by molar-refractivity contribution is -0.116. The molecule has 2 aromatic carbocycles. The summed E-state index contributed by atoms with van der Waals surface area (Å²) < 4.78 is 19.4. The summed E-state index contributed by atoms with van der Waals surface area (Å²) in [4.78, 5) is 28.1. The van der Waals surface area contributed by atoms with Crippen LogP contribution in [0.5, 0.6) is 5.75 Å². The molecule has 0 aliphatic heterocycles. The van der Waals surface area contributed by atoms with Crippen molar-refractivity contribution in [1.82, 2.24) is 14.8 Å². The van der Waals surface area contributed by atoms with E-state index >= 15 is 0 Å². The van der Waals surface area contributed by atoms with E-state index in [0.717, 1.165) is 0 Å². The minimum Gasteiger partial charge on any atom is -0.495 e. The molecule has 3 aromatic rings. The largest absolute Gasteiger partial charge is 0.495 e. The second-order valence-electron chi connectivity index (χ2n) is 5.48. The Balaban J connectivity index is 1.59. The van der Waals surface area contributed by atoms with Crippen LogP contribution in [0.1, 0.15) is 10.4 Å².